The smallest absolute Gasteiger partial charge is 0.226 e. The van der Waals surface area contributed by atoms with E-state index in [4.69, 9.17) is 11.6 Å². The first kappa shape index (κ1) is 10.9. The summed E-state index contributed by atoms with van der Waals surface area (Å²) >= 11 is 7.15. The molecule has 5 heteroatoms. The van der Waals surface area contributed by atoms with Gasteiger partial charge < -0.3 is 4.90 Å². The zero-order chi connectivity index (χ0) is 11.0. The topological polar surface area (TPSA) is 33.2 Å². The van der Waals surface area contributed by atoms with Crippen molar-refractivity contribution in [3.63, 3.8) is 0 Å². The van der Waals surface area contributed by atoms with Crippen LogP contribution < -0.4 is 0 Å². The second-order valence-corrected chi connectivity index (χ2v) is 5.52. The zero-order valence-corrected chi connectivity index (χ0v) is 10.3. The molecule has 0 N–H and O–H groups in total. The molecular formula is C10H13ClN2OS. The lowest BCUT2D eigenvalue weighted by Gasteiger charge is -2.14. The molecule has 0 spiro atoms. The lowest BCUT2D eigenvalue weighted by molar-refractivity contribution is -0.131. The van der Waals surface area contributed by atoms with Gasteiger partial charge in [0, 0.05) is 17.8 Å². The first-order valence-electron chi connectivity index (χ1n) is 4.96. The molecule has 2 rings (SSSR count). The van der Waals surface area contributed by atoms with E-state index in [9.17, 15) is 4.79 Å². The van der Waals surface area contributed by atoms with Crippen molar-refractivity contribution in [1.82, 2.24) is 9.88 Å². The first-order chi connectivity index (χ1) is 7.08. The minimum atomic E-state index is 0.138. The van der Waals surface area contributed by atoms with Gasteiger partial charge in [-0.1, -0.05) is 25.4 Å². The molecule has 1 aromatic rings. The Kier molecular flexibility index (Phi) is 2.98. The Balaban J connectivity index is 2.05. The fourth-order valence-electron chi connectivity index (χ4n) is 1.82. The van der Waals surface area contributed by atoms with Crippen molar-refractivity contribution in [3.05, 3.63) is 15.5 Å². The number of rotatable bonds is 2. The first-order valence-corrected chi connectivity index (χ1v) is 6.22. The van der Waals surface area contributed by atoms with Crippen LogP contribution in [0.5, 0.6) is 0 Å². The maximum atomic E-state index is 11.8. The quantitative estimate of drug-likeness (QED) is 0.801. The zero-order valence-electron chi connectivity index (χ0n) is 8.74. The highest BCUT2D eigenvalue weighted by molar-refractivity contribution is 7.13. The van der Waals surface area contributed by atoms with Gasteiger partial charge in [-0.05, 0) is 5.92 Å². The van der Waals surface area contributed by atoms with Gasteiger partial charge in [0.2, 0.25) is 5.91 Å². The van der Waals surface area contributed by atoms with E-state index in [0.29, 0.717) is 16.9 Å². The highest BCUT2D eigenvalue weighted by atomic mass is 35.5. The van der Waals surface area contributed by atoms with E-state index in [1.807, 2.05) is 17.2 Å². The van der Waals surface area contributed by atoms with Crippen molar-refractivity contribution in [1.29, 1.82) is 0 Å². The largest absolute Gasteiger partial charge is 0.336 e. The molecule has 1 fully saturated rings. The molecule has 1 aromatic heterocycles. The van der Waals surface area contributed by atoms with Crippen LogP contribution in [0, 0.1) is 11.8 Å². The summed E-state index contributed by atoms with van der Waals surface area (Å²) in [7, 11) is 0. The highest BCUT2D eigenvalue weighted by Gasteiger charge is 2.34. The molecule has 1 saturated heterocycles. The fourth-order valence-corrected chi connectivity index (χ4v) is 2.59. The minimum Gasteiger partial charge on any atom is -0.336 e. The number of thiazole rings is 1. The molecule has 82 valence electrons. The Bertz CT molecular complexity index is 379. The number of nitrogens with zero attached hydrogens (tertiary/aromatic N) is 2. The van der Waals surface area contributed by atoms with Gasteiger partial charge >= 0.3 is 0 Å². The Morgan fingerprint density at radius 3 is 2.87 bits per heavy atom. The van der Waals surface area contributed by atoms with Gasteiger partial charge in [0.25, 0.3) is 0 Å². The number of likely N-dealkylation sites (tertiary alicyclic amines) is 1. The van der Waals surface area contributed by atoms with E-state index >= 15 is 0 Å². The predicted octanol–water partition coefficient (Wildman–Crippen LogP) is 2.41. The Labute approximate surface area is 98.1 Å². The van der Waals surface area contributed by atoms with Crippen molar-refractivity contribution in [2.24, 2.45) is 11.8 Å². The normalized spacial score (nSPS) is 26.3. The number of halogens is 1. The number of amides is 1. The van der Waals surface area contributed by atoms with Crippen LogP contribution >= 0.6 is 22.9 Å². The van der Waals surface area contributed by atoms with Crippen molar-refractivity contribution in [2.75, 3.05) is 6.54 Å². The summed E-state index contributed by atoms with van der Waals surface area (Å²) in [5, 5.41) is 1.91. The summed E-state index contributed by atoms with van der Waals surface area (Å²) in [5.74, 6) is 0.803. The second kappa shape index (κ2) is 4.10. The summed E-state index contributed by atoms with van der Waals surface area (Å²) in [6, 6.07) is 0. The van der Waals surface area contributed by atoms with Crippen LogP contribution in [0.3, 0.4) is 0 Å². The second-order valence-electron chi connectivity index (χ2n) is 4.08. The molecule has 1 aliphatic heterocycles. The molecular weight excluding hydrogens is 232 g/mol. The summed E-state index contributed by atoms with van der Waals surface area (Å²) in [5.41, 5.74) is 0.889. The highest BCUT2D eigenvalue weighted by Crippen LogP contribution is 2.26. The van der Waals surface area contributed by atoms with Gasteiger partial charge in [0.05, 0.1) is 12.2 Å². The van der Waals surface area contributed by atoms with Gasteiger partial charge in [-0.15, -0.1) is 11.3 Å². The molecule has 1 aliphatic rings. The van der Waals surface area contributed by atoms with E-state index in [0.717, 1.165) is 12.2 Å². The molecule has 1 amide bonds. The molecule has 0 aromatic carbocycles. The third kappa shape index (κ3) is 2.16. The SMILES string of the molecule is CC1CN(Cc2csc(Cl)n2)C(=O)C1C. The minimum absolute atomic E-state index is 0.138. The molecule has 3 nitrogen and oxygen atoms in total. The van der Waals surface area contributed by atoms with E-state index in [1.54, 1.807) is 0 Å². The number of hydrogen-bond donors (Lipinski definition) is 0. The third-order valence-corrected chi connectivity index (χ3v) is 3.97. The molecule has 15 heavy (non-hydrogen) atoms. The van der Waals surface area contributed by atoms with Crippen LogP contribution in [-0.4, -0.2) is 22.3 Å². The third-order valence-electron chi connectivity index (χ3n) is 2.94. The van der Waals surface area contributed by atoms with Gasteiger partial charge in [0.1, 0.15) is 0 Å². The monoisotopic (exact) mass is 244 g/mol. The number of hydrogen-bond acceptors (Lipinski definition) is 3. The van der Waals surface area contributed by atoms with Crippen LogP contribution in [0.15, 0.2) is 5.38 Å². The van der Waals surface area contributed by atoms with E-state index in [1.165, 1.54) is 11.3 Å². The van der Waals surface area contributed by atoms with Gasteiger partial charge in [-0.25, -0.2) is 4.98 Å². The maximum Gasteiger partial charge on any atom is 0.226 e. The van der Waals surface area contributed by atoms with E-state index in [-0.39, 0.29) is 11.8 Å². The summed E-state index contributed by atoms with van der Waals surface area (Å²) in [4.78, 5) is 17.8. The number of carbonyl (C=O) groups is 1. The van der Waals surface area contributed by atoms with E-state index < -0.39 is 0 Å². The van der Waals surface area contributed by atoms with Crippen LogP contribution in [0.1, 0.15) is 19.5 Å². The van der Waals surface area contributed by atoms with Crippen molar-refractivity contribution in [2.45, 2.75) is 20.4 Å². The standard InChI is InChI=1S/C10H13ClN2OS/c1-6-3-13(9(14)7(6)2)4-8-5-15-10(11)12-8/h5-7H,3-4H2,1-2H3. The van der Waals surface area contributed by atoms with Crippen LogP contribution in [0.4, 0.5) is 0 Å². The molecule has 0 saturated carbocycles. The molecule has 0 aliphatic carbocycles. The van der Waals surface area contributed by atoms with Crippen LogP contribution in [-0.2, 0) is 11.3 Å². The fraction of sp³-hybridized carbons (Fsp3) is 0.600. The Hall–Kier alpha value is -0.610. The maximum absolute atomic E-state index is 11.8. The lowest BCUT2D eigenvalue weighted by atomic mass is 10.0. The van der Waals surface area contributed by atoms with Crippen LogP contribution in [0.2, 0.25) is 4.47 Å². The number of carbonyl (C=O) groups excluding carboxylic acids is 1. The summed E-state index contributed by atoms with van der Waals surface area (Å²) < 4.78 is 0.540. The van der Waals surface area contributed by atoms with E-state index in [2.05, 4.69) is 11.9 Å². The average Bonchev–Trinajstić information content (AvgIpc) is 2.68. The van der Waals surface area contributed by atoms with Crippen LogP contribution in [0.25, 0.3) is 0 Å². The lowest BCUT2D eigenvalue weighted by Crippen LogP contribution is -2.26. The number of aromatic nitrogens is 1. The molecule has 2 heterocycles. The summed E-state index contributed by atoms with van der Waals surface area (Å²) in [6.07, 6.45) is 0. The average molecular weight is 245 g/mol. The Morgan fingerprint density at radius 2 is 2.40 bits per heavy atom. The molecule has 2 atom stereocenters. The predicted molar refractivity (Wildman–Crippen MR) is 60.9 cm³/mol. The molecule has 0 bridgehead atoms. The van der Waals surface area contributed by atoms with Gasteiger partial charge in [0.15, 0.2) is 4.47 Å². The van der Waals surface area contributed by atoms with Crippen molar-refractivity contribution < 1.29 is 4.79 Å². The Morgan fingerprint density at radius 1 is 1.67 bits per heavy atom. The van der Waals surface area contributed by atoms with Crippen molar-refractivity contribution >= 4 is 28.8 Å². The molecule has 0 radical (unpaired) electrons. The molecule has 2 unspecified atom stereocenters. The van der Waals surface area contributed by atoms with Gasteiger partial charge in [-0.3, -0.25) is 4.79 Å². The van der Waals surface area contributed by atoms with Crippen molar-refractivity contribution in [3.8, 4) is 0 Å². The van der Waals surface area contributed by atoms with Gasteiger partial charge in [-0.2, -0.15) is 0 Å². The summed E-state index contributed by atoms with van der Waals surface area (Å²) in [6.45, 7) is 5.52.